The molecule has 0 spiro atoms. The molecular weight excluding hydrogens is 211 g/mol. The van der Waals surface area contributed by atoms with Crippen LogP contribution in [0, 0.1) is 12.7 Å². The van der Waals surface area contributed by atoms with Gasteiger partial charge < -0.3 is 15.4 Å². The van der Waals surface area contributed by atoms with Crippen molar-refractivity contribution >= 4 is 22.6 Å². The average molecular weight is 222 g/mol. The van der Waals surface area contributed by atoms with Crippen LogP contribution in [0.4, 0.5) is 10.1 Å². The van der Waals surface area contributed by atoms with E-state index in [1.165, 1.54) is 0 Å². The molecule has 2 aromatic rings. The van der Waals surface area contributed by atoms with Crippen molar-refractivity contribution in [2.45, 2.75) is 6.92 Å². The Kier molecular flexibility index (Phi) is 2.11. The molecule has 0 aliphatic carbocycles. The summed E-state index contributed by atoms with van der Waals surface area (Å²) in [6.07, 6.45) is 0. The first kappa shape index (κ1) is 10.5. The van der Waals surface area contributed by atoms with Crippen LogP contribution >= 0.6 is 0 Å². The molecule has 0 aliphatic rings. The van der Waals surface area contributed by atoms with Gasteiger partial charge >= 0.3 is 5.97 Å². The maximum absolute atomic E-state index is 13.8. The predicted molar refractivity (Wildman–Crippen MR) is 59.0 cm³/mol. The zero-order chi connectivity index (χ0) is 12.0. The summed E-state index contributed by atoms with van der Waals surface area (Å²) in [5, 5.41) is 9.07. The first-order valence-electron chi connectivity index (χ1n) is 4.70. The summed E-state index contributed by atoms with van der Waals surface area (Å²) in [5.74, 6) is -2.05. The molecule has 0 fully saturated rings. The fourth-order valence-corrected chi connectivity index (χ4v) is 1.84. The van der Waals surface area contributed by atoms with Gasteiger partial charge in [-0.2, -0.15) is 0 Å². The van der Waals surface area contributed by atoms with E-state index in [-0.39, 0.29) is 11.1 Å². The Bertz CT molecular complexity index is 602. The number of anilines is 1. The van der Waals surface area contributed by atoms with E-state index in [0.717, 1.165) is 11.8 Å². The van der Waals surface area contributed by atoms with Crippen molar-refractivity contribution in [2.75, 3.05) is 5.73 Å². The van der Waals surface area contributed by atoms with Crippen molar-refractivity contribution in [2.24, 2.45) is 7.05 Å². The van der Waals surface area contributed by atoms with Gasteiger partial charge in [0.05, 0.1) is 16.8 Å². The van der Waals surface area contributed by atoms with Gasteiger partial charge in [0, 0.05) is 18.1 Å². The van der Waals surface area contributed by atoms with Gasteiger partial charge in [0.15, 0.2) is 0 Å². The third kappa shape index (κ3) is 1.25. The second-order valence-electron chi connectivity index (χ2n) is 3.74. The zero-order valence-electron chi connectivity index (χ0n) is 8.91. The summed E-state index contributed by atoms with van der Waals surface area (Å²) in [6.45, 7) is 1.80. The summed E-state index contributed by atoms with van der Waals surface area (Å²) in [6, 6.07) is 2.74. The van der Waals surface area contributed by atoms with E-state index in [1.54, 1.807) is 24.6 Å². The quantitative estimate of drug-likeness (QED) is 0.724. The Morgan fingerprint density at radius 1 is 1.50 bits per heavy atom. The van der Waals surface area contributed by atoms with Crippen LogP contribution in [0.5, 0.6) is 0 Å². The lowest BCUT2D eigenvalue weighted by Gasteiger charge is -2.05. The minimum absolute atomic E-state index is 0.248. The minimum Gasteiger partial charge on any atom is -0.478 e. The van der Waals surface area contributed by atoms with E-state index in [2.05, 4.69) is 0 Å². The Hall–Kier alpha value is -2.04. The van der Waals surface area contributed by atoms with Crippen molar-refractivity contribution < 1.29 is 14.3 Å². The third-order valence-electron chi connectivity index (χ3n) is 2.75. The molecule has 0 radical (unpaired) electrons. The van der Waals surface area contributed by atoms with E-state index in [4.69, 9.17) is 10.8 Å². The van der Waals surface area contributed by atoms with Gasteiger partial charge in [-0.3, -0.25) is 0 Å². The number of halogens is 1. The van der Waals surface area contributed by atoms with E-state index < -0.39 is 17.3 Å². The molecule has 0 bridgehead atoms. The number of nitrogens with zero attached hydrogens (tertiary/aromatic N) is 1. The second kappa shape index (κ2) is 3.23. The van der Waals surface area contributed by atoms with Crippen molar-refractivity contribution in [1.29, 1.82) is 0 Å². The number of carboxylic acids is 1. The van der Waals surface area contributed by atoms with Gasteiger partial charge in [-0.25, -0.2) is 9.18 Å². The molecule has 0 aliphatic heterocycles. The van der Waals surface area contributed by atoms with Crippen LogP contribution in [0.15, 0.2) is 12.1 Å². The highest BCUT2D eigenvalue weighted by Gasteiger charge is 2.18. The average Bonchev–Trinajstić information content (AvgIpc) is 2.50. The Morgan fingerprint density at radius 2 is 2.12 bits per heavy atom. The molecule has 0 unspecified atom stereocenters. The molecule has 1 aromatic carbocycles. The number of carbonyl (C=O) groups is 1. The molecular formula is C11H11FN2O2. The maximum atomic E-state index is 13.8. The van der Waals surface area contributed by atoms with Crippen LogP contribution in [0.25, 0.3) is 10.9 Å². The lowest BCUT2D eigenvalue weighted by Crippen LogP contribution is -2.04. The SMILES string of the molecule is Cc1cc2c(F)c(C(=O)O)cc(N)c2n1C. The number of rotatable bonds is 1. The largest absolute Gasteiger partial charge is 0.478 e. The van der Waals surface area contributed by atoms with Gasteiger partial charge in [0.2, 0.25) is 0 Å². The molecule has 84 valence electrons. The van der Waals surface area contributed by atoms with E-state index >= 15 is 0 Å². The lowest BCUT2D eigenvalue weighted by atomic mass is 10.1. The monoisotopic (exact) mass is 222 g/mol. The third-order valence-corrected chi connectivity index (χ3v) is 2.75. The predicted octanol–water partition coefficient (Wildman–Crippen LogP) is 1.91. The number of hydrogen-bond donors (Lipinski definition) is 2. The smallest absolute Gasteiger partial charge is 0.338 e. The highest BCUT2D eigenvalue weighted by atomic mass is 19.1. The van der Waals surface area contributed by atoms with Gasteiger partial charge in [0.1, 0.15) is 5.82 Å². The molecule has 3 N–H and O–H groups in total. The molecule has 16 heavy (non-hydrogen) atoms. The number of nitrogens with two attached hydrogens (primary N) is 1. The molecule has 5 heteroatoms. The Morgan fingerprint density at radius 3 is 2.69 bits per heavy atom. The number of carboxylic acid groups (broad SMARTS) is 1. The molecule has 4 nitrogen and oxygen atoms in total. The summed E-state index contributed by atoms with van der Waals surface area (Å²) in [4.78, 5) is 10.8. The Balaban J connectivity index is 2.95. The first-order chi connectivity index (χ1) is 7.43. The topological polar surface area (TPSA) is 68.2 Å². The van der Waals surface area contributed by atoms with Gasteiger partial charge in [-0.05, 0) is 19.1 Å². The summed E-state index contributed by atoms with van der Waals surface area (Å²) >= 11 is 0. The van der Waals surface area contributed by atoms with Crippen LogP contribution in [-0.4, -0.2) is 15.6 Å². The number of aromatic carboxylic acids is 1. The van der Waals surface area contributed by atoms with Gasteiger partial charge in [0.25, 0.3) is 0 Å². The highest BCUT2D eigenvalue weighted by molar-refractivity contribution is 6.00. The fraction of sp³-hybridized carbons (Fsp3) is 0.182. The number of hydrogen-bond acceptors (Lipinski definition) is 2. The molecule has 2 rings (SSSR count). The first-order valence-corrected chi connectivity index (χ1v) is 4.70. The Labute approximate surface area is 91.1 Å². The van der Waals surface area contributed by atoms with E-state index in [1.807, 2.05) is 0 Å². The summed E-state index contributed by atoms with van der Waals surface area (Å²) in [5.41, 5.74) is 6.95. The standard InChI is InChI=1S/C11H11FN2O2/c1-5-3-6-9(12)7(11(15)16)4-8(13)10(6)14(5)2/h3-4H,13H2,1-2H3,(H,15,16). The van der Waals surface area contributed by atoms with E-state index in [9.17, 15) is 9.18 Å². The zero-order valence-corrected chi connectivity index (χ0v) is 8.91. The van der Waals surface area contributed by atoms with Crippen molar-refractivity contribution in [3.05, 3.63) is 29.2 Å². The molecule has 1 aromatic heterocycles. The molecule has 0 saturated heterocycles. The number of aryl methyl sites for hydroxylation is 2. The van der Waals surface area contributed by atoms with Crippen molar-refractivity contribution in [3.8, 4) is 0 Å². The minimum atomic E-state index is -1.31. The number of nitrogen functional groups attached to an aromatic ring is 1. The van der Waals surface area contributed by atoms with Crippen molar-refractivity contribution in [1.82, 2.24) is 4.57 Å². The van der Waals surface area contributed by atoms with Gasteiger partial charge in [-0.15, -0.1) is 0 Å². The van der Waals surface area contributed by atoms with Crippen molar-refractivity contribution in [3.63, 3.8) is 0 Å². The number of fused-ring (bicyclic) bond motifs is 1. The van der Waals surface area contributed by atoms with Crippen LogP contribution in [0.1, 0.15) is 16.1 Å². The van der Waals surface area contributed by atoms with Gasteiger partial charge in [-0.1, -0.05) is 0 Å². The van der Waals surface area contributed by atoms with Crippen LogP contribution in [0.3, 0.4) is 0 Å². The van der Waals surface area contributed by atoms with Crippen LogP contribution < -0.4 is 5.73 Å². The number of aromatic nitrogens is 1. The summed E-state index contributed by atoms with van der Waals surface area (Å²) in [7, 11) is 1.76. The highest BCUT2D eigenvalue weighted by Crippen LogP contribution is 2.29. The molecule has 0 saturated carbocycles. The summed E-state index contributed by atoms with van der Waals surface area (Å²) < 4.78 is 15.6. The molecule has 0 atom stereocenters. The van der Waals surface area contributed by atoms with Crippen LogP contribution in [-0.2, 0) is 7.05 Å². The second-order valence-corrected chi connectivity index (χ2v) is 3.74. The lowest BCUT2D eigenvalue weighted by molar-refractivity contribution is 0.0692. The van der Waals surface area contributed by atoms with Crippen LogP contribution in [0.2, 0.25) is 0 Å². The molecule has 1 heterocycles. The number of benzene rings is 1. The fourth-order valence-electron chi connectivity index (χ4n) is 1.84. The normalized spacial score (nSPS) is 10.9. The van der Waals surface area contributed by atoms with E-state index in [0.29, 0.717) is 5.52 Å². The maximum Gasteiger partial charge on any atom is 0.338 e. The molecule has 0 amide bonds.